The molecule has 0 unspecified atom stereocenters. The van der Waals surface area contributed by atoms with E-state index in [1.54, 1.807) is 6.07 Å². The van der Waals surface area contributed by atoms with Crippen molar-refractivity contribution in [2.45, 2.75) is 13.8 Å². The smallest absolute Gasteiger partial charge is 0.125 e. The molecule has 1 rings (SSSR count). The largest absolute Gasteiger partial charge is 0.507 e. The Hall–Kier alpha value is -0.960. The summed E-state index contributed by atoms with van der Waals surface area (Å²) in [5, 5.41) is 10.6. The zero-order valence-electron chi connectivity index (χ0n) is 9.83. The van der Waals surface area contributed by atoms with Crippen LogP contribution in [0.5, 0.6) is 5.75 Å². The Bertz CT molecular complexity index is 372. The van der Waals surface area contributed by atoms with Gasteiger partial charge in [-0.25, -0.2) is 0 Å². The minimum Gasteiger partial charge on any atom is -0.507 e. The highest BCUT2D eigenvalue weighted by molar-refractivity contribution is 9.09. The van der Waals surface area contributed by atoms with Gasteiger partial charge < -0.3 is 10.0 Å². The lowest BCUT2D eigenvalue weighted by atomic mass is 10.1. The van der Waals surface area contributed by atoms with Crippen LogP contribution in [-0.4, -0.2) is 23.5 Å². The SMILES string of the molecule is C=C(CBr)c1ccc(N(CC)CC)cc1O. The number of hydrogen-bond donors (Lipinski definition) is 1. The van der Waals surface area contributed by atoms with E-state index in [-0.39, 0.29) is 0 Å². The second kappa shape index (κ2) is 5.94. The maximum Gasteiger partial charge on any atom is 0.125 e. The molecule has 0 atom stereocenters. The number of hydrogen-bond acceptors (Lipinski definition) is 2. The van der Waals surface area contributed by atoms with Crippen molar-refractivity contribution in [1.29, 1.82) is 0 Å². The Balaban J connectivity index is 3.03. The fourth-order valence-corrected chi connectivity index (χ4v) is 1.98. The van der Waals surface area contributed by atoms with Gasteiger partial charge in [0.2, 0.25) is 0 Å². The molecule has 3 heteroatoms. The van der Waals surface area contributed by atoms with Crippen molar-refractivity contribution in [2.75, 3.05) is 23.3 Å². The van der Waals surface area contributed by atoms with Gasteiger partial charge in [0.05, 0.1) is 0 Å². The first-order chi connectivity index (χ1) is 7.63. The molecule has 0 aromatic heterocycles. The summed E-state index contributed by atoms with van der Waals surface area (Å²) >= 11 is 3.34. The summed E-state index contributed by atoms with van der Waals surface area (Å²) in [4.78, 5) is 2.19. The highest BCUT2D eigenvalue weighted by atomic mass is 79.9. The molecule has 16 heavy (non-hydrogen) atoms. The number of rotatable bonds is 5. The maximum absolute atomic E-state index is 9.92. The number of allylic oxidation sites excluding steroid dienone is 1. The van der Waals surface area contributed by atoms with Crippen LogP contribution in [0.1, 0.15) is 19.4 Å². The molecule has 88 valence electrons. The second-order valence-electron chi connectivity index (χ2n) is 3.61. The third-order valence-corrected chi connectivity index (χ3v) is 3.33. The third-order valence-electron chi connectivity index (χ3n) is 2.65. The van der Waals surface area contributed by atoms with E-state index < -0.39 is 0 Å². The van der Waals surface area contributed by atoms with E-state index in [1.807, 2.05) is 12.1 Å². The lowest BCUT2D eigenvalue weighted by Crippen LogP contribution is -2.21. The van der Waals surface area contributed by atoms with Crippen LogP contribution in [0.15, 0.2) is 24.8 Å². The number of alkyl halides is 1. The molecular weight excluding hydrogens is 266 g/mol. The minimum atomic E-state index is 0.300. The minimum absolute atomic E-state index is 0.300. The third kappa shape index (κ3) is 2.79. The summed E-state index contributed by atoms with van der Waals surface area (Å²) in [6.07, 6.45) is 0. The highest BCUT2D eigenvalue weighted by Crippen LogP contribution is 2.29. The Morgan fingerprint density at radius 1 is 1.38 bits per heavy atom. The average Bonchev–Trinajstić information content (AvgIpc) is 2.30. The molecule has 2 nitrogen and oxygen atoms in total. The quantitative estimate of drug-likeness (QED) is 0.834. The zero-order chi connectivity index (χ0) is 12.1. The maximum atomic E-state index is 9.92. The first-order valence-corrected chi connectivity index (χ1v) is 6.58. The highest BCUT2D eigenvalue weighted by Gasteiger charge is 2.08. The van der Waals surface area contributed by atoms with Crippen LogP contribution in [0.4, 0.5) is 5.69 Å². The van der Waals surface area contributed by atoms with E-state index in [1.165, 1.54) is 0 Å². The molecule has 0 spiro atoms. The fourth-order valence-electron chi connectivity index (χ4n) is 1.68. The summed E-state index contributed by atoms with van der Waals surface area (Å²) in [6.45, 7) is 9.98. The number of phenolic OH excluding ortho intramolecular Hbond substituents is 1. The molecule has 1 N–H and O–H groups in total. The summed E-state index contributed by atoms with van der Waals surface area (Å²) < 4.78 is 0. The molecule has 0 bridgehead atoms. The summed E-state index contributed by atoms with van der Waals surface area (Å²) in [5.74, 6) is 0.300. The van der Waals surface area contributed by atoms with Gasteiger partial charge in [-0.1, -0.05) is 22.5 Å². The zero-order valence-corrected chi connectivity index (χ0v) is 11.4. The van der Waals surface area contributed by atoms with Crippen LogP contribution in [-0.2, 0) is 0 Å². The Labute approximate surface area is 106 Å². The molecule has 0 aliphatic carbocycles. The van der Waals surface area contributed by atoms with Gasteiger partial charge in [0.1, 0.15) is 5.75 Å². The van der Waals surface area contributed by atoms with Gasteiger partial charge in [-0.05, 0) is 31.6 Å². The molecule has 0 saturated heterocycles. The molecule has 0 saturated carbocycles. The molecular formula is C13H18BrNO. The number of anilines is 1. The van der Waals surface area contributed by atoms with Crippen molar-refractivity contribution in [3.63, 3.8) is 0 Å². The molecule has 0 aliphatic heterocycles. The molecule has 0 aliphatic rings. The second-order valence-corrected chi connectivity index (χ2v) is 4.17. The van der Waals surface area contributed by atoms with Crippen molar-refractivity contribution in [3.05, 3.63) is 30.3 Å². The van der Waals surface area contributed by atoms with Crippen LogP contribution < -0.4 is 4.90 Å². The van der Waals surface area contributed by atoms with E-state index >= 15 is 0 Å². The standard InChI is InChI=1S/C13H18BrNO/c1-4-15(5-2)11-6-7-12(10(3)9-14)13(16)8-11/h6-8,16H,3-5,9H2,1-2H3. The summed E-state index contributed by atoms with van der Waals surface area (Å²) in [7, 11) is 0. The van der Waals surface area contributed by atoms with E-state index in [4.69, 9.17) is 0 Å². The van der Waals surface area contributed by atoms with Gasteiger partial charge in [-0.2, -0.15) is 0 Å². The van der Waals surface area contributed by atoms with E-state index in [2.05, 4.69) is 41.3 Å². The predicted molar refractivity (Wildman–Crippen MR) is 74.5 cm³/mol. The lowest BCUT2D eigenvalue weighted by molar-refractivity contribution is 0.473. The number of benzene rings is 1. The number of halogens is 1. The summed E-state index contributed by atoms with van der Waals surface area (Å²) in [6, 6.07) is 5.75. The van der Waals surface area contributed by atoms with Crippen molar-refractivity contribution in [2.24, 2.45) is 0 Å². The lowest BCUT2D eigenvalue weighted by Gasteiger charge is -2.21. The van der Waals surface area contributed by atoms with Gasteiger partial charge >= 0.3 is 0 Å². The van der Waals surface area contributed by atoms with Crippen molar-refractivity contribution >= 4 is 27.2 Å². The number of nitrogens with zero attached hydrogens (tertiary/aromatic N) is 1. The molecule has 1 aromatic carbocycles. The topological polar surface area (TPSA) is 23.5 Å². The van der Waals surface area contributed by atoms with Crippen LogP contribution in [0.2, 0.25) is 0 Å². The first-order valence-electron chi connectivity index (χ1n) is 5.46. The van der Waals surface area contributed by atoms with Gasteiger partial charge in [0.15, 0.2) is 0 Å². The number of aromatic hydroxyl groups is 1. The average molecular weight is 284 g/mol. The Morgan fingerprint density at radius 2 is 2.00 bits per heavy atom. The van der Waals surface area contributed by atoms with Gasteiger partial charge in [0.25, 0.3) is 0 Å². The Morgan fingerprint density at radius 3 is 2.44 bits per heavy atom. The van der Waals surface area contributed by atoms with Crippen molar-refractivity contribution in [3.8, 4) is 5.75 Å². The van der Waals surface area contributed by atoms with Crippen LogP contribution in [0, 0.1) is 0 Å². The fraction of sp³-hybridized carbons (Fsp3) is 0.385. The summed E-state index contributed by atoms with van der Waals surface area (Å²) in [5.41, 5.74) is 2.75. The monoisotopic (exact) mass is 283 g/mol. The Kier molecular flexibility index (Phi) is 4.87. The van der Waals surface area contributed by atoms with Crippen molar-refractivity contribution < 1.29 is 5.11 Å². The molecule has 0 amide bonds. The molecule has 0 fully saturated rings. The van der Waals surface area contributed by atoms with E-state index in [0.717, 1.165) is 29.9 Å². The van der Waals surface area contributed by atoms with Crippen molar-refractivity contribution in [1.82, 2.24) is 0 Å². The van der Waals surface area contributed by atoms with Gasteiger partial charge in [0, 0.05) is 35.7 Å². The predicted octanol–water partition coefficient (Wildman–Crippen LogP) is 3.65. The van der Waals surface area contributed by atoms with Crippen LogP contribution in [0.3, 0.4) is 0 Å². The normalized spacial score (nSPS) is 10.2. The molecule has 1 aromatic rings. The molecule has 0 radical (unpaired) electrons. The first kappa shape index (κ1) is 13.1. The van der Waals surface area contributed by atoms with Gasteiger partial charge in [-0.15, -0.1) is 0 Å². The molecule has 0 heterocycles. The van der Waals surface area contributed by atoms with E-state index in [9.17, 15) is 5.11 Å². The van der Waals surface area contributed by atoms with Crippen LogP contribution >= 0.6 is 15.9 Å². The number of phenols is 1. The van der Waals surface area contributed by atoms with Crippen LogP contribution in [0.25, 0.3) is 5.57 Å². The van der Waals surface area contributed by atoms with Gasteiger partial charge in [-0.3, -0.25) is 0 Å². The van der Waals surface area contributed by atoms with E-state index in [0.29, 0.717) is 11.1 Å².